The highest BCUT2D eigenvalue weighted by molar-refractivity contribution is 5.70. The summed E-state index contributed by atoms with van der Waals surface area (Å²) in [5.74, 6) is -0.997. The predicted molar refractivity (Wildman–Crippen MR) is 40.8 cm³/mol. The van der Waals surface area contributed by atoms with Crippen LogP contribution in [0.3, 0.4) is 0 Å². The summed E-state index contributed by atoms with van der Waals surface area (Å²) in [7, 11) is 2.50. The molecule has 0 aliphatic rings. The van der Waals surface area contributed by atoms with Crippen molar-refractivity contribution in [2.45, 2.75) is 0 Å². The summed E-state index contributed by atoms with van der Waals surface area (Å²) in [6, 6.07) is 0. The molecule has 0 bridgehead atoms. The first-order chi connectivity index (χ1) is 6.20. The van der Waals surface area contributed by atoms with Crippen LogP contribution < -0.4 is 0 Å². The summed E-state index contributed by atoms with van der Waals surface area (Å²) in [4.78, 5) is 20.9. The summed E-state index contributed by atoms with van der Waals surface area (Å²) in [5.41, 5.74) is 0. The third-order valence-corrected chi connectivity index (χ3v) is 1.06. The van der Waals surface area contributed by atoms with Crippen LogP contribution in [0.5, 0.6) is 0 Å². The quantitative estimate of drug-likeness (QED) is 0.315. The van der Waals surface area contributed by atoms with Gasteiger partial charge in [0.1, 0.15) is 20.0 Å². The Kier molecular flexibility index (Phi) is 6.85. The molecule has 76 valence electrons. The van der Waals surface area contributed by atoms with Gasteiger partial charge in [0.25, 0.3) is 0 Å². The highest BCUT2D eigenvalue weighted by Crippen LogP contribution is 1.82. The molecule has 0 aromatic heterocycles. The predicted octanol–water partition coefficient (Wildman–Crippen LogP) is -0.677. The molecule has 0 saturated carbocycles. The van der Waals surface area contributed by atoms with Gasteiger partial charge in [-0.2, -0.15) is 0 Å². The first-order valence-corrected chi connectivity index (χ1v) is 3.49. The fourth-order valence-corrected chi connectivity index (χ4v) is 0.427. The number of methoxy groups -OCH3 is 2. The second kappa shape index (κ2) is 7.51. The van der Waals surface area contributed by atoms with Gasteiger partial charge in [0.05, 0.1) is 14.2 Å². The van der Waals surface area contributed by atoms with Gasteiger partial charge >= 0.3 is 11.9 Å². The lowest BCUT2D eigenvalue weighted by atomic mass is 10.7. The monoisotopic (exact) mass is 192 g/mol. The lowest BCUT2D eigenvalue weighted by Gasteiger charge is -2.03. The molecule has 6 nitrogen and oxygen atoms in total. The maximum Gasteiger partial charge on any atom is 0.331 e. The number of esters is 2. The molecule has 0 fully saturated rings. The first-order valence-electron chi connectivity index (χ1n) is 3.49. The Balaban J connectivity index is 3.17. The molecule has 0 radical (unpaired) electrons. The molecular formula is C7H12O6. The van der Waals surface area contributed by atoms with Gasteiger partial charge in [0, 0.05) is 0 Å². The second-order valence-corrected chi connectivity index (χ2v) is 1.97. The Bertz CT molecular complexity index is 148. The number of rotatable bonds is 6. The van der Waals surface area contributed by atoms with Gasteiger partial charge in [-0.25, -0.2) is 9.59 Å². The second-order valence-electron chi connectivity index (χ2n) is 1.97. The average Bonchev–Trinajstić information content (AvgIpc) is 2.16. The van der Waals surface area contributed by atoms with Crippen molar-refractivity contribution in [2.24, 2.45) is 0 Å². The van der Waals surface area contributed by atoms with Gasteiger partial charge in [0.15, 0.2) is 0 Å². The van der Waals surface area contributed by atoms with Crippen LogP contribution in [0.25, 0.3) is 0 Å². The van der Waals surface area contributed by atoms with Crippen molar-refractivity contribution < 1.29 is 28.5 Å². The summed E-state index contributed by atoms with van der Waals surface area (Å²) >= 11 is 0. The van der Waals surface area contributed by atoms with Gasteiger partial charge in [0.2, 0.25) is 0 Å². The average molecular weight is 192 g/mol. The van der Waals surface area contributed by atoms with Crippen molar-refractivity contribution in [1.82, 2.24) is 0 Å². The molecule has 13 heavy (non-hydrogen) atoms. The minimum Gasteiger partial charge on any atom is -0.467 e. The van der Waals surface area contributed by atoms with Crippen molar-refractivity contribution >= 4 is 11.9 Å². The van der Waals surface area contributed by atoms with Crippen LogP contribution in [0.2, 0.25) is 0 Å². The van der Waals surface area contributed by atoms with E-state index in [0.717, 1.165) is 0 Å². The van der Waals surface area contributed by atoms with Gasteiger partial charge in [-0.15, -0.1) is 0 Å². The van der Waals surface area contributed by atoms with Crippen LogP contribution in [0, 0.1) is 0 Å². The minimum atomic E-state index is -0.498. The molecule has 0 atom stereocenters. The Labute approximate surface area is 75.7 Å². The summed E-state index contributed by atoms with van der Waals surface area (Å²) < 4.78 is 17.9. The molecule has 0 N–H and O–H groups in total. The number of hydrogen-bond donors (Lipinski definition) is 0. The van der Waals surface area contributed by atoms with Crippen LogP contribution in [0.1, 0.15) is 0 Å². The highest BCUT2D eigenvalue weighted by atomic mass is 16.7. The Morgan fingerprint density at radius 1 is 0.923 bits per heavy atom. The number of carbonyl (C=O) groups excluding carboxylic acids is 2. The number of hydrogen-bond acceptors (Lipinski definition) is 6. The van der Waals surface area contributed by atoms with Gasteiger partial charge < -0.3 is 18.9 Å². The third-order valence-electron chi connectivity index (χ3n) is 1.06. The molecule has 6 heteroatoms. The largest absolute Gasteiger partial charge is 0.467 e. The molecule has 0 aliphatic carbocycles. The molecule has 0 amide bonds. The molecule has 0 heterocycles. The Morgan fingerprint density at radius 3 is 1.62 bits per heavy atom. The first kappa shape index (κ1) is 11.9. The summed E-state index contributed by atoms with van der Waals surface area (Å²) in [6.07, 6.45) is 0. The molecule has 0 aliphatic heterocycles. The zero-order valence-electron chi connectivity index (χ0n) is 7.57. The normalized spacial score (nSPS) is 9.38. The SMILES string of the molecule is COC(=O)COCOCC(=O)OC. The van der Waals surface area contributed by atoms with E-state index in [0.29, 0.717) is 0 Å². The molecule has 0 rings (SSSR count). The van der Waals surface area contributed by atoms with Gasteiger partial charge in [-0.3, -0.25) is 0 Å². The van der Waals surface area contributed by atoms with Crippen LogP contribution in [-0.4, -0.2) is 46.2 Å². The maximum absolute atomic E-state index is 10.5. The van der Waals surface area contributed by atoms with E-state index in [1.54, 1.807) is 0 Å². The van der Waals surface area contributed by atoms with Crippen LogP contribution >= 0.6 is 0 Å². The Morgan fingerprint density at radius 2 is 1.31 bits per heavy atom. The van der Waals surface area contributed by atoms with E-state index in [2.05, 4.69) is 18.9 Å². The van der Waals surface area contributed by atoms with Crippen molar-refractivity contribution in [3.05, 3.63) is 0 Å². The molecule has 0 spiro atoms. The van der Waals surface area contributed by atoms with Crippen molar-refractivity contribution in [1.29, 1.82) is 0 Å². The van der Waals surface area contributed by atoms with Crippen molar-refractivity contribution in [3.63, 3.8) is 0 Å². The maximum atomic E-state index is 10.5. The van der Waals surface area contributed by atoms with E-state index >= 15 is 0 Å². The van der Waals surface area contributed by atoms with Crippen LogP contribution in [0.15, 0.2) is 0 Å². The molecular weight excluding hydrogens is 180 g/mol. The van der Waals surface area contributed by atoms with Gasteiger partial charge in [-0.05, 0) is 0 Å². The van der Waals surface area contributed by atoms with E-state index in [-0.39, 0.29) is 20.0 Å². The number of ether oxygens (including phenoxy) is 4. The van der Waals surface area contributed by atoms with Crippen molar-refractivity contribution in [3.8, 4) is 0 Å². The van der Waals surface area contributed by atoms with E-state index in [4.69, 9.17) is 0 Å². The van der Waals surface area contributed by atoms with Crippen molar-refractivity contribution in [2.75, 3.05) is 34.2 Å². The molecule has 0 unspecified atom stereocenters. The fraction of sp³-hybridized carbons (Fsp3) is 0.714. The highest BCUT2D eigenvalue weighted by Gasteiger charge is 2.01. The van der Waals surface area contributed by atoms with E-state index in [1.807, 2.05) is 0 Å². The van der Waals surface area contributed by atoms with Crippen LogP contribution in [-0.2, 0) is 28.5 Å². The standard InChI is InChI=1S/C7H12O6/c1-10-6(8)3-12-5-13-4-7(9)11-2/h3-5H2,1-2H3. The molecule has 0 aromatic carbocycles. The lowest BCUT2D eigenvalue weighted by Crippen LogP contribution is -2.15. The van der Waals surface area contributed by atoms with E-state index in [1.165, 1.54) is 14.2 Å². The smallest absolute Gasteiger partial charge is 0.331 e. The molecule has 0 aromatic rings. The number of carbonyl (C=O) groups is 2. The lowest BCUT2D eigenvalue weighted by molar-refractivity contribution is -0.157. The van der Waals surface area contributed by atoms with E-state index < -0.39 is 11.9 Å². The zero-order chi connectivity index (χ0) is 10.1. The zero-order valence-corrected chi connectivity index (χ0v) is 7.57. The summed E-state index contributed by atoms with van der Waals surface area (Å²) in [6.45, 7) is -0.542. The fourth-order valence-electron chi connectivity index (χ4n) is 0.427. The Hall–Kier alpha value is -1.14. The third kappa shape index (κ3) is 7.23. The molecule has 0 saturated heterocycles. The topological polar surface area (TPSA) is 71.1 Å². The minimum absolute atomic E-state index is 0.149. The van der Waals surface area contributed by atoms with Gasteiger partial charge in [-0.1, -0.05) is 0 Å². The summed E-state index contributed by atoms with van der Waals surface area (Å²) in [5, 5.41) is 0. The van der Waals surface area contributed by atoms with Crippen LogP contribution in [0.4, 0.5) is 0 Å². The van der Waals surface area contributed by atoms with E-state index in [9.17, 15) is 9.59 Å².